The lowest BCUT2D eigenvalue weighted by molar-refractivity contribution is 0.0935. The van der Waals surface area contributed by atoms with Crippen LogP contribution in [0.2, 0.25) is 0 Å². The predicted octanol–water partition coefficient (Wildman–Crippen LogP) is 3.25. The second-order valence-corrected chi connectivity index (χ2v) is 7.73. The lowest BCUT2D eigenvalue weighted by atomic mass is 10.0. The van der Waals surface area contributed by atoms with Gasteiger partial charge in [0, 0.05) is 25.8 Å². The van der Waals surface area contributed by atoms with Gasteiger partial charge in [-0.15, -0.1) is 0 Å². The summed E-state index contributed by atoms with van der Waals surface area (Å²) >= 11 is 0. The molecule has 5 nitrogen and oxygen atoms in total. The van der Waals surface area contributed by atoms with E-state index in [1.165, 1.54) is 29.7 Å². The summed E-state index contributed by atoms with van der Waals surface area (Å²) in [7, 11) is 3.75. The van der Waals surface area contributed by atoms with Crippen LogP contribution in [0, 0.1) is 0 Å². The SMILES string of the molecule is COc1ccccc1C(=O)NC[C@H](c1ccc2c(c1)CCN2C)N1CCCC1. The van der Waals surface area contributed by atoms with E-state index in [0.29, 0.717) is 17.9 Å². The quantitative estimate of drug-likeness (QED) is 0.837. The zero-order valence-corrected chi connectivity index (χ0v) is 16.8. The van der Waals surface area contributed by atoms with Gasteiger partial charge in [0.05, 0.1) is 18.7 Å². The lowest BCUT2D eigenvalue weighted by Crippen LogP contribution is -2.37. The molecule has 1 N–H and O–H groups in total. The van der Waals surface area contributed by atoms with Crippen molar-refractivity contribution >= 4 is 11.6 Å². The Balaban J connectivity index is 1.53. The number of nitrogens with zero attached hydrogens (tertiary/aromatic N) is 2. The molecule has 0 aliphatic carbocycles. The minimum atomic E-state index is -0.0810. The van der Waals surface area contributed by atoms with E-state index in [-0.39, 0.29) is 11.9 Å². The van der Waals surface area contributed by atoms with Gasteiger partial charge in [0.15, 0.2) is 0 Å². The smallest absolute Gasteiger partial charge is 0.255 e. The van der Waals surface area contributed by atoms with Crippen molar-refractivity contribution in [1.29, 1.82) is 0 Å². The Kier molecular flexibility index (Phi) is 5.53. The number of carbonyl (C=O) groups is 1. The van der Waals surface area contributed by atoms with Gasteiger partial charge in [-0.2, -0.15) is 0 Å². The number of carbonyl (C=O) groups excluding carboxylic acids is 1. The fourth-order valence-corrected chi connectivity index (χ4v) is 4.42. The molecule has 0 spiro atoms. The molecule has 1 fully saturated rings. The molecule has 2 aromatic carbocycles. The molecule has 0 unspecified atom stereocenters. The minimum absolute atomic E-state index is 0.0810. The van der Waals surface area contributed by atoms with Crippen molar-refractivity contribution in [2.45, 2.75) is 25.3 Å². The molecule has 1 amide bonds. The molecule has 0 radical (unpaired) electrons. The van der Waals surface area contributed by atoms with Crippen LogP contribution < -0.4 is 15.0 Å². The molecule has 0 saturated carbocycles. The predicted molar refractivity (Wildman–Crippen MR) is 112 cm³/mol. The summed E-state index contributed by atoms with van der Waals surface area (Å²) < 4.78 is 5.34. The highest BCUT2D eigenvalue weighted by Crippen LogP contribution is 2.32. The number of anilines is 1. The second kappa shape index (κ2) is 8.23. The molecule has 1 atom stereocenters. The minimum Gasteiger partial charge on any atom is -0.496 e. The van der Waals surface area contributed by atoms with Crippen molar-refractivity contribution in [1.82, 2.24) is 10.2 Å². The molecule has 5 heteroatoms. The summed E-state index contributed by atoms with van der Waals surface area (Å²) in [5.41, 5.74) is 4.64. The summed E-state index contributed by atoms with van der Waals surface area (Å²) in [6.07, 6.45) is 3.55. The Bertz CT molecular complexity index is 845. The number of hydrogen-bond acceptors (Lipinski definition) is 4. The number of para-hydroxylation sites is 1. The number of amides is 1. The van der Waals surface area contributed by atoms with Crippen molar-refractivity contribution in [3.63, 3.8) is 0 Å². The Morgan fingerprint density at radius 3 is 2.71 bits per heavy atom. The third-order valence-corrected chi connectivity index (χ3v) is 6.01. The Labute approximate surface area is 167 Å². The van der Waals surface area contributed by atoms with Gasteiger partial charge in [0.2, 0.25) is 0 Å². The molecular weight excluding hydrogens is 350 g/mol. The van der Waals surface area contributed by atoms with Crippen LogP contribution in [0.1, 0.15) is 40.4 Å². The van der Waals surface area contributed by atoms with Crippen molar-refractivity contribution in [3.05, 3.63) is 59.2 Å². The average Bonchev–Trinajstić information content (AvgIpc) is 3.38. The van der Waals surface area contributed by atoms with E-state index in [0.717, 1.165) is 26.1 Å². The maximum Gasteiger partial charge on any atom is 0.255 e. The van der Waals surface area contributed by atoms with Crippen LogP contribution in [0.25, 0.3) is 0 Å². The lowest BCUT2D eigenvalue weighted by Gasteiger charge is -2.29. The highest BCUT2D eigenvalue weighted by molar-refractivity contribution is 5.96. The molecule has 1 saturated heterocycles. The fraction of sp³-hybridized carbons (Fsp3) is 0.435. The second-order valence-electron chi connectivity index (χ2n) is 7.73. The number of hydrogen-bond donors (Lipinski definition) is 1. The Hall–Kier alpha value is -2.53. The topological polar surface area (TPSA) is 44.8 Å². The van der Waals surface area contributed by atoms with Gasteiger partial charge >= 0.3 is 0 Å². The number of ether oxygens (including phenoxy) is 1. The Morgan fingerprint density at radius 1 is 1.14 bits per heavy atom. The van der Waals surface area contributed by atoms with Crippen LogP contribution in [0.15, 0.2) is 42.5 Å². The first kappa shape index (κ1) is 18.8. The monoisotopic (exact) mass is 379 g/mol. The van der Waals surface area contributed by atoms with E-state index in [2.05, 4.69) is 40.4 Å². The van der Waals surface area contributed by atoms with Gasteiger partial charge in [-0.1, -0.05) is 24.3 Å². The van der Waals surface area contributed by atoms with E-state index in [1.807, 2.05) is 24.3 Å². The number of likely N-dealkylation sites (N-methyl/N-ethyl adjacent to an activating group) is 1. The summed E-state index contributed by atoms with van der Waals surface area (Å²) in [5.74, 6) is 0.529. The molecule has 2 aromatic rings. The summed E-state index contributed by atoms with van der Waals surface area (Å²) in [5, 5.41) is 3.15. The first-order chi connectivity index (χ1) is 13.7. The van der Waals surface area contributed by atoms with Crippen molar-refractivity contribution in [2.75, 3.05) is 45.2 Å². The summed E-state index contributed by atoms with van der Waals surface area (Å²) in [4.78, 5) is 17.6. The van der Waals surface area contributed by atoms with E-state index >= 15 is 0 Å². The average molecular weight is 380 g/mol. The van der Waals surface area contributed by atoms with Crippen molar-refractivity contribution in [3.8, 4) is 5.75 Å². The third-order valence-electron chi connectivity index (χ3n) is 6.01. The maximum absolute atomic E-state index is 12.8. The molecular formula is C23H29N3O2. The van der Waals surface area contributed by atoms with E-state index < -0.39 is 0 Å². The van der Waals surface area contributed by atoms with E-state index in [9.17, 15) is 4.79 Å². The van der Waals surface area contributed by atoms with Crippen LogP contribution in [0.3, 0.4) is 0 Å². The van der Waals surface area contributed by atoms with Crippen molar-refractivity contribution < 1.29 is 9.53 Å². The molecule has 148 valence electrons. The van der Waals surface area contributed by atoms with Gasteiger partial charge < -0.3 is 15.0 Å². The zero-order valence-electron chi connectivity index (χ0n) is 16.8. The number of likely N-dealkylation sites (tertiary alicyclic amines) is 1. The largest absolute Gasteiger partial charge is 0.496 e. The van der Waals surface area contributed by atoms with Gasteiger partial charge in [-0.05, 0) is 61.7 Å². The van der Waals surface area contributed by atoms with Crippen LogP contribution >= 0.6 is 0 Å². The first-order valence-corrected chi connectivity index (χ1v) is 10.2. The number of fused-ring (bicyclic) bond motifs is 1. The first-order valence-electron chi connectivity index (χ1n) is 10.2. The van der Waals surface area contributed by atoms with Crippen molar-refractivity contribution in [2.24, 2.45) is 0 Å². The Morgan fingerprint density at radius 2 is 1.93 bits per heavy atom. The molecule has 2 aliphatic rings. The number of methoxy groups -OCH3 is 1. The van der Waals surface area contributed by atoms with Crippen LogP contribution in [0.5, 0.6) is 5.75 Å². The molecule has 4 rings (SSSR count). The number of benzene rings is 2. The molecule has 2 aliphatic heterocycles. The maximum atomic E-state index is 12.8. The fourth-order valence-electron chi connectivity index (χ4n) is 4.42. The third kappa shape index (κ3) is 3.72. The van der Waals surface area contributed by atoms with Crippen LogP contribution in [0.4, 0.5) is 5.69 Å². The van der Waals surface area contributed by atoms with E-state index in [1.54, 1.807) is 7.11 Å². The number of rotatable bonds is 6. The summed E-state index contributed by atoms with van der Waals surface area (Å²) in [6.45, 7) is 3.86. The van der Waals surface area contributed by atoms with Crippen LogP contribution in [-0.4, -0.2) is 51.1 Å². The molecule has 2 heterocycles. The molecule has 0 aromatic heterocycles. The van der Waals surface area contributed by atoms with Gasteiger partial charge in [-0.25, -0.2) is 0 Å². The van der Waals surface area contributed by atoms with Crippen LogP contribution in [-0.2, 0) is 6.42 Å². The standard InChI is InChI=1S/C23H29N3O2/c1-25-14-11-18-15-17(9-10-20(18)25)21(26-12-5-6-13-26)16-24-23(27)19-7-3-4-8-22(19)28-2/h3-4,7-10,15,21H,5-6,11-14,16H2,1-2H3,(H,24,27)/t21-/m1/s1. The van der Waals surface area contributed by atoms with E-state index in [4.69, 9.17) is 4.74 Å². The normalized spacial score (nSPS) is 17.4. The highest BCUT2D eigenvalue weighted by atomic mass is 16.5. The molecule has 0 bridgehead atoms. The van der Waals surface area contributed by atoms with Gasteiger partial charge in [0.1, 0.15) is 5.75 Å². The van der Waals surface area contributed by atoms with Gasteiger partial charge in [0.25, 0.3) is 5.91 Å². The summed E-state index contributed by atoms with van der Waals surface area (Å²) in [6, 6.07) is 14.4. The van der Waals surface area contributed by atoms with Gasteiger partial charge in [-0.3, -0.25) is 9.69 Å². The highest BCUT2D eigenvalue weighted by Gasteiger charge is 2.26. The molecule has 28 heavy (non-hydrogen) atoms. The zero-order chi connectivity index (χ0) is 19.5. The number of nitrogens with one attached hydrogen (secondary N) is 1.